The highest BCUT2D eigenvalue weighted by atomic mass is 16.4. The van der Waals surface area contributed by atoms with Gasteiger partial charge in [0.25, 0.3) is 0 Å². The van der Waals surface area contributed by atoms with Gasteiger partial charge in [0.15, 0.2) is 0 Å². The molecule has 5 nitrogen and oxygen atoms in total. The summed E-state index contributed by atoms with van der Waals surface area (Å²) in [5.74, 6) is -0.916. The van der Waals surface area contributed by atoms with E-state index in [0.717, 1.165) is 6.42 Å². The van der Waals surface area contributed by atoms with E-state index in [9.17, 15) is 14.7 Å². The summed E-state index contributed by atoms with van der Waals surface area (Å²) >= 11 is 0. The molecule has 2 N–H and O–H groups in total. The van der Waals surface area contributed by atoms with Crippen LogP contribution < -0.4 is 5.32 Å². The Morgan fingerprint density at radius 1 is 1.62 bits per heavy atom. The summed E-state index contributed by atoms with van der Waals surface area (Å²) in [5.41, 5.74) is -1.02. The van der Waals surface area contributed by atoms with Crippen LogP contribution >= 0.6 is 0 Å². The molecule has 90 valence electrons. The Hall–Kier alpha value is -1.52. The molecule has 1 atom stereocenters. The van der Waals surface area contributed by atoms with Crippen LogP contribution in [0, 0.1) is 0 Å². The monoisotopic (exact) mass is 226 g/mol. The summed E-state index contributed by atoms with van der Waals surface area (Å²) in [6.07, 6.45) is 3.27. The number of amides is 2. The van der Waals surface area contributed by atoms with Crippen LogP contribution in [0.4, 0.5) is 4.79 Å². The molecule has 1 fully saturated rings. The number of carbonyl (C=O) groups excluding carboxylic acids is 1. The molecular weight excluding hydrogens is 208 g/mol. The van der Waals surface area contributed by atoms with Crippen molar-refractivity contribution in [2.24, 2.45) is 0 Å². The van der Waals surface area contributed by atoms with Gasteiger partial charge in [-0.1, -0.05) is 13.0 Å². The normalized spacial score (nSPS) is 24.2. The Bertz CT molecular complexity index is 304. The van der Waals surface area contributed by atoms with Crippen LogP contribution in [0.2, 0.25) is 0 Å². The molecule has 1 aliphatic heterocycles. The van der Waals surface area contributed by atoms with Gasteiger partial charge >= 0.3 is 12.0 Å². The van der Waals surface area contributed by atoms with Crippen molar-refractivity contribution in [2.75, 3.05) is 13.1 Å². The van der Waals surface area contributed by atoms with E-state index in [1.165, 1.54) is 4.90 Å². The topological polar surface area (TPSA) is 69.6 Å². The molecule has 0 saturated carbocycles. The lowest BCUT2D eigenvalue weighted by atomic mass is 9.93. The van der Waals surface area contributed by atoms with Gasteiger partial charge in [0, 0.05) is 13.1 Å². The van der Waals surface area contributed by atoms with Gasteiger partial charge in [-0.2, -0.15) is 0 Å². The number of carboxylic acid groups (broad SMARTS) is 1. The number of hydrogen-bond donors (Lipinski definition) is 2. The van der Waals surface area contributed by atoms with Gasteiger partial charge in [-0.3, -0.25) is 0 Å². The number of carbonyl (C=O) groups is 2. The minimum Gasteiger partial charge on any atom is -0.479 e. The third-order valence-corrected chi connectivity index (χ3v) is 3.11. The first kappa shape index (κ1) is 12.5. The zero-order valence-corrected chi connectivity index (χ0v) is 9.53. The van der Waals surface area contributed by atoms with Crippen molar-refractivity contribution in [3.8, 4) is 0 Å². The first-order valence-corrected chi connectivity index (χ1v) is 5.48. The quantitative estimate of drug-likeness (QED) is 0.708. The van der Waals surface area contributed by atoms with Crippen LogP contribution in [0.5, 0.6) is 0 Å². The van der Waals surface area contributed by atoms with E-state index in [-0.39, 0.29) is 6.03 Å². The highest BCUT2D eigenvalue weighted by Crippen LogP contribution is 2.32. The van der Waals surface area contributed by atoms with E-state index < -0.39 is 11.5 Å². The second kappa shape index (κ2) is 5.01. The molecule has 0 spiro atoms. The van der Waals surface area contributed by atoms with Crippen LogP contribution in [-0.2, 0) is 4.79 Å². The first-order chi connectivity index (χ1) is 7.58. The average Bonchev–Trinajstić information content (AvgIpc) is 2.70. The molecule has 16 heavy (non-hydrogen) atoms. The molecule has 1 unspecified atom stereocenters. The molecule has 1 rings (SSSR count). The number of hydrogen-bond acceptors (Lipinski definition) is 2. The van der Waals surface area contributed by atoms with Crippen molar-refractivity contribution >= 4 is 12.0 Å². The van der Waals surface area contributed by atoms with Crippen LogP contribution in [-0.4, -0.2) is 40.6 Å². The van der Waals surface area contributed by atoms with E-state index in [1.54, 1.807) is 13.0 Å². The smallest absolute Gasteiger partial charge is 0.329 e. The van der Waals surface area contributed by atoms with Crippen LogP contribution in [0.25, 0.3) is 0 Å². The van der Waals surface area contributed by atoms with Gasteiger partial charge in [-0.15, -0.1) is 6.58 Å². The van der Waals surface area contributed by atoms with Crippen molar-refractivity contribution < 1.29 is 14.7 Å². The summed E-state index contributed by atoms with van der Waals surface area (Å²) in [4.78, 5) is 24.5. The molecule has 0 aromatic carbocycles. The van der Waals surface area contributed by atoms with E-state index in [0.29, 0.717) is 25.9 Å². The fourth-order valence-corrected chi connectivity index (χ4v) is 2.17. The number of nitrogens with zero attached hydrogens (tertiary/aromatic N) is 1. The minimum atomic E-state index is -1.02. The van der Waals surface area contributed by atoms with E-state index >= 15 is 0 Å². The maximum atomic E-state index is 11.8. The lowest BCUT2D eigenvalue weighted by molar-refractivity contribution is -0.148. The molecule has 0 bridgehead atoms. The van der Waals surface area contributed by atoms with Gasteiger partial charge in [0.05, 0.1) is 0 Å². The number of likely N-dealkylation sites (tertiary alicyclic amines) is 1. The van der Waals surface area contributed by atoms with E-state index in [2.05, 4.69) is 11.9 Å². The molecule has 0 radical (unpaired) electrons. The zero-order valence-electron chi connectivity index (χ0n) is 9.53. The van der Waals surface area contributed by atoms with E-state index in [4.69, 9.17) is 0 Å². The maximum Gasteiger partial charge on any atom is 0.329 e. The van der Waals surface area contributed by atoms with Crippen LogP contribution in [0.1, 0.15) is 26.2 Å². The number of rotatable bonds is 4. The second-order valence-corrected chi connectivity index (χ2v) is 3.92. The first-order valence-electron chi connectivity index (χ1n) is 5.48. The SMILES string of the molecule is C=CCNC(=O)N1CCCC1(CC)C(=O)O. The molecule has 0 aromatic heterocycles. The molecule has 1 aliphatic rings. The Kier molecular flexibility index (Phi) is 3.93. The van der Waals surface area contributed by atoms with Crippen molar-refractivity contribution in [1.29, 1.82) is 0 Å². The number of carboxylic acids is 1. The third kappa shape index (κ3) is 2.03. The molecule has 1 saturated heterocycles. The van der Waals surface area contributed by atoms with Crippen molar-refractivity contribution in [2.45, 2.75) is 31.7 Å². The average molecular weight is 226 g/mol. The molecule has 2 amide bonds. The van der Waals surface area contributed by atoms with Crippen LogP contribution in [0.3, 0.4) is 0 Å². The Morgan fingerprint density at radius 2 is 2.31 bits per heavy atom. The third-order valence-electron chi connectivity index (χ3n) is 3.11. The predicted octanol–water partition coefficient (Wildman–Crippen LogP) is 1.21. The molecule has 1 heterocycles. The van der Waals surface area contributed by atoms with Gasteiger partial charge in [0.2, 0.25) is 0 Å². The highest BCUT2D eigenvalue weighted by molar-refractivity contribution is 5.87. The maximum absolute atomic E-state index is 11.8. The fourth-order valence-electron chi connectivity index (χ4n) is 2.17. The molecular formula is C11H18N2O3. The number of nitrogens with one attached hydrogen (secondary N) is 1. The Labute approximate surface area is 95.1 Å². The number of urea groups is 1. The summed E-state index contributed by atoms with van der Waals surface area (Å²) in [6.45, 7) is 6.16. The number of aliphatic carboxylic acids is 1. The van der Waals surface area contributed by atoms with E-state index in [1.807, 2.05) is 0 Å². The largest absolute Gasteiger partial charge is 0.479 e. The highest BCUT2D eigenvalue weighted by Gasteiger charge is 2.48. The van der Waals surface area contributed by atoms with Crippen molar-refractivity contribution in [3.63, 3.8) is 0 Å². The summed E-state index contributed by atoms with van der Waals surface area (Å²) < 4.78 is 0. The van der Waals surface area contributed by atoms with Crippen molar-refractivity contribution in [3.05, 3.63) is 12.7 Å². The van der Waals surface area contributed by atoms with Gasteiger partial charge in [-0.05, 0) is 19.3 Å². The standard InChI is InChI=1S/C11H18N2O3/c1-3-7-12-10(16)13-8-5-6-11(13,4-2)9(14)15/h3H,1,4-8H2,2H3,(H,12,16)(H,14,15). The summed E-state index contributed by atoms with van der Waals surface area (Å²) in [6, 6.07) is -0.318. The lowest BCUT2D eigenvalue weighted by Gasteiger charge is -2.33. The zero-order chi connectivity index (χ0) is 12.2. The summed E-state index contributed by atoms with van der Waals surface area (Å²) in [5, 5.41) is 11.9. The fraction of sp³-hybridized carbons (Fsp3) is 0.636. The molecule has 0 aromatic rings. The molecule has 0 aliphatic carbocycles. The van der Waals surface area contributed by atoms with Gasteiger partial charge in [0.1, 0.15) is 5.54 Å². The van der Waals surface area contributed by atoms with Gasteiger partial charge < -0.3 is 15.3 Å². The Morgan fingerprint density at radius 3 is 2.81 bits per heavy atom. The van der Waals surface area contributed by atoms with Crippen molar-refractivity contribution in [1.82, 2.24) is 10.2 Å². The minimum absolute atomic E-state index is 0.318. The van der Waals surface area contributed by atoms with Crippen LogP contribution in [0.15, 0.2) is 12.7 Å². The summed E-state index contributed by atoms with van der Waals surface area (Å²) in [7, 11) is 0. The Balaban J connectivity index is 2.81. The molecule has 5 heteroatoms. The second-order valence-electron chi connectivity index (χ2n) is 3.92. The predicted molar refractivity (Wildman–Crippen MR) is 60.2 cm³/mol. The lowest BCUT2D eigenvalue weighted by Crippen LogP contribution is -2.55. The van der Waals surface area contributed by atoms with Gasteiger partial charge in [-0.25, -0.2) is 9.59 Å².